The lowest BCUT2D eigenvalue weighted by molar-refractivity contribution is -0.145. The van der Waals surface area contributed by atoms with E-state index in [0.29, 0.717) is 13.0 Å². The van der Waals surface area contributed by atoms with Crippen LogP contribution in [0.15, 0.2) is 0 Å². The molecule has 0 saturated heterocycles. The molecule has 0 aromatic rings. The van der Waals surface area contributed by atoms with E-state index in [4.69, 9.17) is 4.74 Å². The maximum absolute atomic E-state index is 11.4. The van der Waals surface area contributed by atoms with Crippen LogP contribution in [0.4, 0.5) is 0 Å². The summed E-state index contributed by atoms with van der Waals surface area (Å²) < 4.78 is 4.97. The van der Waals surface area contributed by atoms with Crippen LogP contribution in [0.5, 0.6) is 0 Å². The molecule has 1 N–H and O–H groups in total. The molecular weight excluding hydrogens is 178 g/mol. The van der Waals surface area contributed by atoms with Gasteiger partial charge in [-0.2, -0.15) is 0 Å². The number of ether oxygens (including phenoxy) is 1. The van der Waals surface area contributed by atoms with Gasteiger partial charge < -0.3 is 10.1 Å². The summed E-state index contributed by atoms with van der Waals surface area (Å²) >= 11 is 0. The first-order chi connectivity index (χ1) is 6.64. The van der Waals surface area contributed by atoms with Crippen LogP contribution in [0.3, 0.4) is 0 Å². The van der Waals surface area contributed by atoms with Gasteiger partial charge in [0.05, 0.1) is 13.0 Å². The fourth-order valence-corrected chi connectivity index (χ4v) is 1.68. The first-order valence-corrected chi connectivity index (χ1v) is 5.54. The van der Waals surface area contributed by atoms with E-state index in [1.807, 2.05) is 6.92 Å². The van der Waals surface area contributed by atoms with Gasteiger partial charge in [0.2, 0.25) is 0 Å². The fourth-order valence-electron chi connectivity index (χ4n) is 1.68. The Balaban J connectivity index is 4.26. The number of hydrogen-bond acceptors (Lipinski definition) is 3. The fraction of sp³-hybridized carbons (Fsp3) is 0.909. The number of carbonyl (C=O) groups excluding carboxylic acids is 1. The minimum Gasteiger partial charge on any atom is -0.466 e. The Labute approximate surface area is 87.2 Å². The topological polar surface area (TPSA) is 38.3 Å². The van der Waals surface area contributed by atoms with Crippen LogP contribution >= 0.6 is 0 Å². The summed E-state index contributed by atoms with van der Waals surface area (Å²) in [6, 6.07) is 0. The standard InChI is InChI=1S/C11H23NO2/c1-5-11(6-2,12-7-3)9-10(13)14-8-4/h12H,5-9H2,1-4H3. The van der Waals surface area contributed by atoms with E-state index >= 15 is 0 Å². The van der Waals surface area contributed by atoms with Gasteiger partial charge in [0.25, 0.3) is 0 Å². The van der Waals surface area contributed by atoms with Crippen LogP contribution in [0.1, 0.15) is 47.0 Å². The smallest absolute Gasteiger partial charge is 0.307 e. The lowest BCUT2D eigenvalue weighted by Gasteiger charge is -2.31. The molecule has 3 nitrogen and oxygen atoms in total. The zero-order chi connectivity index (χ0) is 11.0. The summed E-state index contributed by atoms with van der Waals surface area (Å²) in [6.07, 6.45) is 2.38. The van der Waals surface area contributed by atoms with Gasteiger partial charge >= 0.3 is 5.97 Å². The summed E-state index contributed by atoms with van der Waals surface area (Å²) in [6.45, 7) is 9.46. The molecule has 14 heavy (non-hydrogen) atoms. The van der Waals surface area contributed by atoms with Crippen molar-refractivity contribution in [2.45, 2.75) is 52.5 Å². The largest absolute Gasteiger partial charge is 0.466 e. The second-order valence-corrected chi connectivity index (χ2v) is 3.50. The molecule has 0 bridgehead atoms. The van der Waals surface area contributed by atoms with Crippen LogP contribution in [-0.2, 0) is 9.53 Å². The van der Waals surface area contributed by atoms with E-state index in [2.05, 4.69) is 26.1 Å². The van der Waals surface area contributed by atoms with Gasteiger partial charge in [0.1, 0.15) is 0 Å². The highest BCUT2D eigenvalue weighted by atomic mass is 16.5. The van der Waals surface area contributed by atoms with E-state index in [0.717, 1.165) is 19.4 Å². The third kappa shape index (κ3) is 4.09. The maximum atomic E-state index is 11.4. The van der Waals surface area contributed by atoms with Crippen molar-refractivity contribution in [3.8, 4) is 0 Å². The molecule has 0 aliphatic heterocycles. The zero-order valence-corrected chi connectivity index (χ0v) is 9.85. The van der Waals surface area contributed by atoms with E-state index in [9.17, 15) is 4.79 Å². The van der Waals surface area contributed by atoms with Gasteiger partial charge in [0.15, 0.2) is 0 Å². The molecule has 0 unspecified atom stereocenters. The molecule has 0 spiro atoms. The van der Waals surface area contributed by atoms with Crippen LogP contribution < -0.4 is 5.32 Å². The summed E-state index contributed by atoms with van der Waals surface area (Å²) in [5.74, 6) is -0.0999. The number of carbonyl (C=O) groups is 1. The minimum absolute atomic E-state index is 0.0684. The van der Waals surface area contributed by atoms with Crippen molar-refractivity contribution in [2.24, 2.45) is 0 Å². The van der Waals surface area contributed by atoms with Gasteiger partial charge in [-0.25, -0.2) is 0 Å². The van der Waals surface area contributed by atoms with Crippen molar-refractivity contribution in [1.82, 2.24) is 5.32 Å². The molecule has 0 aromatic heterocycles. The van der Waals surface area contributed by atoms with Crippen molar-refractivity contribution in [3.63, 3.8) is 0 Å². The third-order valence-electron chi connectivity index (χ3n) is 2.69. The van der Waals surface area contributed by atoms with Crippen LogP contribution in [0.2, 0.25) is 0 Å². The first-order valence-electron chi connectivity index (χ1n) is 5.54. The van der Waals surface area contributed by atoms with E-state index in [-0.39, 0.29) is 11.5 Å². The normalized spacial score (nSPS) is 11.4. The molecule has 0 rings (SSSR count). The van der Waals surface area contributed by atoms with Crippen molar-refractivity contribution in [1.29, 1.82) is 0 Å². The van der Waals surface area contributed by atoms with E-state index in [1.54, 1.807) is 0 Å². The van der Waals surface area contributed by atoms with Gasteiger partial charge in [0, 0.05) is 5.54 Å². The molecule has 0 aliphatic carbocycles. The summed E-state index contributed by atoms with van der Waals surface area (Å²) in [4.78, 5) is 11.4. The molecule has 0 atom stereocenters. The molecule has 0 saturated carbocycles. The highest BCUT2D eigenvalue weighted by molar-refractivity contribution is 5.70. The van der Waals surface area contributed by atoms with Crippen molar-refractivity contribution >= 4 is 5.97 Å². The molecule has 0 radical (unpaired) electrons. The maximum Gasteiger partial charge on any atom is 0.307 e. The number of nitrogens with one attached hydrogen (secondary N) is 1. The van der Waals surface area contributed by atoms with Gasteiger partial charge in [-0.3, -0.25) is 4.79 Å². The van der Waals surface area contributed by atoms with Crippen molar-refractivity contribution in [3.05, 3.63) is 0 Å². The molecular formula is C11H23NO2. The van der Waals surface area contributed by atoms with E-state index in [1.165, 1.54) is 0 Å². The average molecular weight is 201 g/mol. The van der Waals surface area contributed by atoms with Gasteiger partial charge in [-0.15, -0.1) is 0 Å². The van der Waals surface area contributed by atoms with Gasteiger partial charge in [-0.05, 0) is 26.3 Å². The Kier molecular flexibility index (Phi) is 6.54. The Morgan fingerprint density at radius 3 is 2.14 bits per heavy atom. The zero-order valence-electron chi connectivity index (χ0n) is 9.85. The third-order valence-corrected chi connectivity index (χ3v) is 2.69. The molecule has 0 amide bonds. The van der Waals surface area contributed by atoms with Gasteiger partial charge in [-0.1, -0.05) is 20.8 Å². The number of hydrogen-bond donors (Lipinski definition) is 1. The predicted octanol–water partition coefficient (Wildman–Crippen LogP) is 2.11. The minimum atomic E-state index is -0.0999. The lowest BCUT2D eigenvalue weighted by atomic mass is 9.89. The Morgan fingerprint density at radius 1 is 1.21 bits per heavy atom. The highest BCUT2D eigenvalue weighted by Gasteiger charge is 2.28. The summed E-state index contributed by atoms with van der Waals surface area (Å²) in [5.41, 5.74) is -0.0684. The molecule has 0 fully saturated rings. The highest BCUT2D eigenvalue weighted by Crippen LogP contribution is 2.20. The molecule has 84 valence electrons. The molecule has 3 heteroatoms. The quantitative estimate of drug-likeness (QED) is 0.641. The van der Waals surface area contributed by atoms with Crippen molar-refractivity contribution in [2.75, 3.05) is 13.2 Å². The van der Waals surface area contributed by atoms with Crippen LogP contribution in [0, 0.1) is 0 Å². The van der Waals surface area contributed by atoms with E-state index < -0.39 is 0 Å². The Hall–Kier alpha value is -0.570. The Morgan fingerprint density at radius 2 is 1.79 bits per heavy atom. The first kappa shape index (κ1) is 13.4. The predicted molar refractivity (Wildman–Crippen MR) is 58.2 cm³/mol. The molecule has 0 aromatic carbocycles. The second kappa shape index (κ2) is 6.82. The van der Waals surface area contributed by atoms with Crippen molar-refractivity contribution < 1.29 is 9.53 Å². The SMILES string of the molecule is CCNC(CC)(CC)CC(=O)OCC. The summed E-state index contributed by atoms with van der Waals surface area (Å²) in [5, 5.41) is 3.38. The monoisotopic (exact) mass is 201 g/mol. The summed E-state index contributed by atoms with van der Waals surface area (Å²) in [7, 11) is 0. The van der Waals surface area contributed by atoms with Crippen LogP contribution in [-0.4, -0.2) is 24.7 Å². The number of esters is 1. The molecule has 0 heterocycles. The van der Waals surface area contributed by atoms with Crippen LogP contribution in [0.25, 0.3) is 0 Å². The average Bonchev–Trinajstić information content (AvgIpc) is 2.17. The Bertz CT molecular complexity index is 165. The lowest BCUT2D eigenvalue weighted by Crippen LogP contribution is -2.46. The second-order valence-electron chi connectivity index (χ2n) is 3.50. The number of rotatable bonds is 7. The molecule has 0 aliphatic rings.